The number of aromatic nitrogens is 2. The summed E-state index contributed by atoms with van der Waals surface area (Å²) in [7, 11) is 0. The van der Waals surface area contributed by atoms with Crippen molar-refractivity contribution in [3.8, 4) is 16.9 Å². The molecule has 208 valence electrons. The van der Waals surface area contributed by atoms with Gasteiger partial charge >= 0.3 is 6.18 Å². The third kappa shape index (κ3) is 6.79. The molecule has 6 nitrogen and oxygen atoms in total. The Morgan fingerprint density at radius 3 is 2.18 bits per heavy atom. The minimum Gasteiger partial charge on any atom is -0.624 e. The predicted molar refractivity (Wildman–Crippen MR) is 133 cm³/mol. The van der Waals surface area contributed by atoms with Gasteiger partial charge in [-0.3, -0.25) is 0 Å². The molecule has 3 aromatic rings. The average Bonchev–Trinajstić information content (AvgIpc) is 2.88. The highest BCUT2D eigenvalue weighted by Crippen LogP contribution is 2.32. The lowest BCUT2D eigenvalue weighted by Crippen LogP contribution is -2.36. The lowest BCUT2D eigenvalue weighted by atomic mass is 9.98. The number of anilines is 1. The maximum atomic E-state index is 14.8. The molecule has 12 heteroatoms. The first-order valence-electron chi connectivity index (χ1n) is 12.3. The Morgan fingerprint density at radius 2 is 1.64 bits per heavy atom. The fourth-order valence-corrected chi connectivity index (χ4v) is 4.13. The van der Waals surface area contributed by atoms with Gasteiger partial charge in [-0.2, -0.15) is 13.2 Å². The standard InChI is InChI=1S/C27H26F6N4O2/c1-16(2)37(38)14-18-3-4-21(22(28)9-18)19-10-23(29)25(24(30)11-19)39-15-17-5-7-36(8-6-17)26-34-12-20(13-35-26)27(31,32)33/h3-4,9-14,16-17H,5-8,15H2,1-2H3/b37-14-. The molecule has 1 fully saturated rings. The second-order valence-corrected chi connectivity index (χ2v) is 9.60. The van der Waals surface area contributed by atoms with E-state index in [-0.39, 0.29) is 35.6 Å². The van der Waals surface area contributed by atoms with E-state index in [0.717, 1.165) is 30.6 Å². The second kappa shape index (κ2) is 11.5. The molecular weight excluding hydrogens is 526 g/mol. The molecule has 0 saturated carbocycles. The highest BCUT2D eigenvalue weighted by atomic mass is 19.4. The van der Waals surface area contributed by atoms with Gasteiger partial charge in [0, 0.05) is 36.6 Å². The van der Waals surface area contributed by atoms with Crippen LogP contribution in [0.15, 0.2) is 42.7 Å². The van der Waals surface area contributed by atoms with Gasteiger partial charge in [-0.25, -0.2) is 27.9 Å². The summed E-state index contributed by atoms with van der Waals surface area (Å²) in [5.74, 6) is -3.16. The zero-order valence-corrected chi connectivity index (χ0v) is 21.2. The number of rotatable bonds is 7. The third-order valence-corrected chi connectivity index (χ3v) is 6.41. The van der Waals surface area contributed by atoms with Gasteiger partial charge in [-0.15, -0.1) is 0 Å². The van der Waals surface area contributed by atoms with E-state index in [1.54, 1.807) is 18.7 Å². The second-order valence-electron chi connectivity index (χ2n) is 9.60. The van der Waals surface area contributed by atoms with E-state index in [4.69, 9.17) is 4.74 Å². The van der Waals surface area contributed by atoms with Crippen molar-refractivity contribution >= 4 is 12.2 Å². The molecule has 4 rings (SSSR count). The van der Waals surface area contributed by atoms with Crippen molar-refractivity contribution in [3.05, 3.63) is 76.5 Å². The molecule has 2 heterocycles. The number of ether oxygens (including phenoxy) is 1. The fraction of sp³-hybridized carbons (Fsp3) is 0.370. The Hall–Kier alpha value is -3.83. The number of alkyl halides is 3. The van der Waals surface area contributed by atoms with E-state index >= 15 is 0 Å². The number of nitrogens with zero attached hydrogens (tertiary/aromatic N) is 4. The van der Waals surface area contributed by atoms with Crippen LogP contribution in [-0.4, -0.2) is 46.7 Å². The fourth-order valence-electron chi connectivity index (χ4n) is 4.13. The van der Waals surface area contributed by atoms with Crippen LogP contribution in [0.3, 0.4) is 0 Å². The first kappa shape index (κ1) is 28.2. The molecule has 2 aromatic carbocycles. The topological polar surface area (TPSA) is 64.3 Å². The number of hydroxylamine groups is 1. The van der Waals surface area contributed by atoms with E-state index in [1.165, 1.54) is 18.3 Å². The average molecular weight is 553 g/mol. The molecule has 0 atom stereocenters. The van der Waals surface area contributed by atoms with E-state index in [0.29, 0.717) is 36.2 Å². The number of benzene rings is 2. The summed E-state index contributed by atoms with van der Waals surface area (Å²) in [6.07, 6.45) is -0.708. The van der Waals surface area contributed by atoms with Crippen LogP contribution in [-0.2, 0) is 6.18 Å². The highest BCUT2D eigenvalue weighted by molar-refractivity contribution is 5.78. The Bertz CT molecular complexity index is 1310. The van der Waals surface area contributed by atoms with Crippen molar-refractivity contribution in [1.29, 1.82) is 0 Å². The molecule has 0 bridgehead atoms. The van der Waals surface area contributed by atoms with Crippen LogP contribution in [0.1, 0.15) is 37.8 Å². The van der Waals surface area contributed by atoms with Gasteiger partial charge in [0.05, 0.1) is 12.2 Å². The van der Waals surface area contributed by atoms with Crippen LogP contribution in [0.4, 0.5) is 32.3 Å². The van der Waals surface area contributed by atoms with Crippen molar-refractivity contribution < 1.29 is 35.8 Å². The Kier molecular flexibility index (Phi) is 8.31. The smallest absolute Gasteiger partial charge is 0.419 e. The molecule has 1 saturated heterocycles. The highest BCUT2D eigenvalue weighted by Gasteiger charge is 2.32. The quantitative estimate of drug-likeness (QED) is 0.115. The monoisotopic (exact) mass is 552 g/mol. The summed E-state index contributed by atoms with van der Waals surface area (Å²) in [6.45, 7) is 4.28. The third-order valence-electron chi connectivity index (χ3n) is 6.41. The molecule has 1 aromatic heterocycles. The summed E-state index contributed by atoms with van der Waals surface area (Å²) in [4.78, 5) is 9.33. The summed E-state index contributed by atoms with van der Waals surface area (Å²) >= 11 is 0. The van der Waals surface area contributed by atoms with Gasteiger partial charge in [-0.1, -0.05) is 6.07 Å². The van der Waals surface area contributed by atoms with Crippen molar-refractivity contribution in [2.24, 2.45) is 5.92 Å². The van der Waals surface area contributed by atoms with Crippen molar-refractivity contribution in [2.75, 3.05) is 24.6 Å². The van der Waals surface area contributed by atoms with Crippen LogP contribution < -0.4 is 9.64 Å². The largest absolute Gasteiger partial charge is 0.624 e. The molecule has 39 heavy (non-hydrogen) atoms. The minimum atomic E-state index is -4.52. The van der Waals surface area contributed by atoms with E-state index in [1.807, 2.05) is 0 Å². The van der Waals surface area contributed by atoms with Gasteiger partial charge in [0.2, 0.25) is 5.95 Å². The molecule has 0 unspecified atom stereocenters. The van der Waals surface area contributed by atoms with E-state index in [2.05, 4.69) is 9.97 Å². The van der Waals surface area contributed by atoms with Crippen LogP contribution in [0.2, 0.25) is 0 Å². The van der Waals surface area contributed by atoms with Gasteiger partial charge in [-0.05, 0) is 62.4 Å². The van der Waals surface area contributed by atoms with Crippen molar-refractivity contribution in [3.63, 3.8) is 0 Å². The predicted octanol–water partition coefficient (Wildman–Crippen LogP) is 6.21. The normalized spacial score (nSPS) is 15.2. The van der Waals surface area contributed by atoms with Gasteiger partial charge in [0.1, 0.15) is 5.82 Å². The zero-order chi connectivity index (χ0) is 28.3. The molecule has 1 aliphatic heterocycles. The first-order chi connectivity index (χ1) is 18.4. The van der Waals surface area contributed by atoms with Crippen LogP contribution in [0.25, 0.3) is 11.1 Å². The van der Waals surface area contributed by atoms with Crippen LogP contribution in [0.5, 0.6) is 5.75 Å². The molecule has 0 radical (unpaired) electrons. The molecule has 0 N–H and O–H groups in total. The lowest BCUT2D eigenvalue weighted by molar-refractivity contribution is -0.487. The summed E-state index contributed by atoms with van der Waals surface area (Å²) in [5.41, 5.74) is -0.665. The van der Waals surface area contributed by atoms with E-state index in [9.17, 15) is 31.5 Å². The summed E-state index contributed by atoms with van der Waals surface area (Å²) < 4.78 is 88.5. The number of halogens is 6. The van der Waals surface area contributed by atoms with Gasteiger partial charge < -0.3 is 14.8 Å². The number of hydrogen-bond donors (Lipinski definition) is 0. The number of piperidine rings is 1. The summed E-state index contributed by atoms with van der Waals surface area (Å²) in [6, 6.07) is 5.58. The van der Waals surface area contributed by atoms with Crippen molar-refractivity contribution in [2.45, 2.75) is 38.9 Å². The minimum absolute atomic E-state index is 0.0194. The van der Waals surface area contributed by atoms with Crippen LogP contribution >= 0.6 is 0 Å². The van der Waals surface area contributed by atoms with Gasteiger partial charge in [0.25, 0.3) is 0 Å². The maximum Gasteiger partial charge on any atom is 0.419 e. The lowest BCUT2D eigenvalue weighted by Gasteiger charge is -2.31. The molecule has 0 spiro atoms. The first-order valence-corrected chi connectivity index (χ1v) is 12.3. The molecule has 0 amide bonds. The molecular formula is C27H26F6N4O2. The van der Waals surface area contributed by atoms with Gasteiger partial charge in [0.15, 0.2) is 29.6 Å². The Labute approximate surface area is 221 Å². The zero-order valence-electron chi connectivity index (χ0n) is 21.2. The number of hydrogen-bond acceptors (Lipinski definition) is 5. The summed E-state index contributed by atoms with van der Waals surface area (Å²) in [5, 5.41) is 11.8. The Morgan fingerprint density at radius 1 is 1.03 bits per heavy atom. The SMILES string of the molecule is CC(C)/[N+]([O-])=C/c1ccc(-c2cc(F)c(OCC3CCN(c4ncc(C(F)(F)F)cn4)CC3)c(F)c2)c(F)c1. The van der Waals surface area contributed by atoms with E-state index < -0.39 is 34.9 Å². The maximum absolute atomic E-state index is 14.8. The molecule has 0 aliphatic carbocycles. The Balaban J connectivity index is 1.37. The van der Waals surface area contributed by atoms with Crippen molar-refractivity contribution in [1.82, 2.24) is 9.97 Å². The van der Waals surface area contributed by atoms with Crippen LogP contribution in [0, 0.1) is 28.6 Å². The molecule has 1 aliphatic rings.